The van der Waals surface area contributed by atoms with Crippen molar-refractivity contribution in [2.24, 2.45) is 0 Å². The second-order valence-electron chi connectivity index (χ2n) is 3.18. The van der Waals surface area contributed by atoms with Crippen LogP contribution in [0.15, 0.2) is 0 Å². The minimum absolute atomic E-state index is 0.577. The van der Waals surface area contributed by atoms with Gasteiger partial charge in [-0.25, -0.2) is 0 Å². The first-order chi connectivity index (χ1) is 6.42. The van der Waals surface area contributed by atoms with Crippen molar-refractivity contribution in [3.63, 3.8) is 0 Å². The van der Waals surface area contributed by atoms with Gasteiger partial charge in [0.25, 0.3) is 0 Å². The molecule has 0 aromatic carbocycles. The van der Waals surface area contributed by atoms with Crippen LogP contribution in [0.25, 0.3) is 0 Å². The SMILES string of the molecule is CN(C)CCCCCSOS(=O)(=O)O. The van der Waals surface area contributed by atoms with Crippen LogP contribution >= 0.6 is 12.0 Å². The Balaban J connectivity index is 3.15. The van der Waals surface area contributed by atoms with Crippen molar-refractivity contribution in [3.05, 3.63) is 0 Å². The van der Waals surface area contributed by atoms with E-state index in [1.807, 2.05) is 14.1 Å². The summed E-state index contributed by atoms with van der Waals surface area (Å²) in [7, 11) is -0.255. The summed E-state index contributed by atoms with van der Waals surface area (Å²) in [6.45, 7) is 1.03. The molecular weight excluding hydrogens is 226 g/mol. The standard InChI is InChI=1S/C7H17NO4S2/c1-8(2)6-4-3-5-7-13-12-14(9,10)11/h3-7H2,1-2H3,(H,9,10,11). The molecule has 14 heavy (non-hydrogen) atoms. The van der Waals surface area contributed by atoms with Gasteiger partial charge in [-0.15, -0.1) is 0 Å². The molecule has 0 aromatic rings. The Morgan fingerprint density at radius 3 is 2.43 bits per heavy atom. The van der Waals surface area contributed by atoms with E-state index in [1.54, 1.807) is 0 Å². The molecule has 1 N–H and O–H groups in total. The third-order valence-electron chi connectivity index (χ3n) is 1.47. The molecule has 0 aromatic heterocycles. The maximum atomic E-state index is 10.1. The zero-order valence-electron chi connectivity index (χ0n) is 8.47. The molecule has 0 fully saturated rings. The second kappa shape index (κ2) is 7.47. The van der Waals surface area contributed by atoms with Gasteiger partial charge < -0.3 is 4.90 Å². The predicted molar refractivity (Wildman–Crippen MR) is 57.5 cm³/mol. The first kappa shape index (κ1) is 14.2. The molecule has 0 spiro atoms. The smallest absolute Gasteiger partial charge is 0.309 e. The van der Waals surface area contributed by atoms with E-state index in [0.717, 1.165) is 37.8 Å². The van der Waals surface area contributed by atoms with E-state index in [2.05, 4.69) is 8.53 Å². The van der Waals surface area contributed by atoms with E-state index >= 15 is 0 Å². The molecule has 0 aliphatic carbocycles. The quantitative estimate of drug-likeness (QED) is 0.392. The van der Waals surface area contributed by atoms with Crippen LogP contribution in [-0.4, -0.2) is 44.3 Å². The van der Waals surface area contributed by atoms with Crippen molar-refractivity contribution < 1.29 is 16.6 Å². The van der Waals surface area contributed by atoms with Gasteiger partial charge >= 0.3 is 10.4 Å². The van der Waals surface area contributed by atoms with Crippen LogP contribution in [0.2, 0.25) is 0 Å². The van der Waals surface area contributed by atoms with Gasteiger partial charge in [-0.2, -0.15) is 12.0 Å². The van der Waals surface area contributed by atoms with Gasteiger partial charge in [0.15, 0.2) is 0 Å². The molecule has 7 heteroatoms. The van der Waals surface area contributed by atoms with Gasteiger partial charge in [0.05, 0.1) is 0 Å². The zero-order valence-corrected chi connectivity index (χ0v) is 10.1. The average Bonchev–Trinajstić information content (AvgIpc) is 2.00. The first-order valence-corrected chi connectivity index (χ1v) is 6.62. The van der Waals surface area contributed by atoms with Gasteiger partial charge in [0.1, 0.15) is 0 Å². The maximum Gasteiger partial charge on any atom is 0.408 e. The van der Waals surface area contributed by atoms with E-state index in [1.165, 1.54) is 0 Å². The summed E-state index contributed by atoms with van der Waals surface area (Å²) in [6, 6.07) is 0. The molecule has 0 atom stereocenters. The fraction of sp³-hybridized carbons (Fsp3) is 1.00. The third kappa shape index (κ3) is 12.2. The number of hydrogen-bond donors (Lipinski definition) is 1. The van der Waals surface area contributed by atoms with Gasteiger partial charge in [0, 0.05) is 17.8 Å². The van der Waals surface area contributed by atoms with E-state index in [9.17, 15) is 8.42 Å². The molecule has 86 valence electrons. The minimum Gasteiger partial charge on any atom is -0.309 e. The molecule has 0 unspecified atom stereocenters. The molecule has 0 rings (SSSR count). The Labute approximate surface area is 90.0 Å². The Bertz CT molecular complexity index is 228. The van der Waals surface area contributed by atoms with Gasteiger partial charge in [0.2, 0.25) is 0 Å². The van der Waals surface area contributed by atoms with Crippen molar-refractivity contribution >= 4 is 22.4 Å². The molecule has 0 aliphatic heterocycles. The van der Waals surface area contributed by atoms with Crippen LogP contribution in [0, 0.1) is 0 Å². The molecule has 0 bridgehead atoms. The van der Waals surface area contributed by atoms with Crippen LogP contribution in [0.5, 0.6) is 0 Å². The van der Waals surface area contributed by atoms with Crippen molar-refractivity contribution in [2.45, 2.75) is 19.3 Å². The average molecular weight is 243 g/mol. The fourth-order valence-corrected chi connectivity index (χ4v) is 1.94. The van der Waals surface area contributed by atoms with Crippen LogP contribution in [0.3, 0.4) is 0 Å². The number of hydrogen-bond acceptors (Lipinski definition) is 5. The molecule has 0 aliphatic rings. The van der Waals surface area contributed by atoms with Crippen LogP contribution in [0.4, 0.5) is 0 Å². The minimum atomic E-state index is -4.28. The van der Waals surface area contributed by atoms with Gasteiger partial charge in [-0.3, -0.25) is 4.55 Å². The highest BCUT2D eigenvalue weighted by molar-refractivity contribution is 8.02. The number of nitrogens with zero attached hydrogens (tertiary/aromatic N) is 1. The first-order valence-electron chi connectivity index (χ1n) is 4.35. The Hall–Kier alpha value is 0.180. The molecule has 0 saturated heterocycles. The second-order valence-corrected chi connectivity index (χ2v) is 5.23. The topological polar surface area (TPSA) is 66.8 Å². The molecule has 0 saturated carbocycles. The number of unbranched alkanes of at least 4 members (excludes halogenated alkanes) is 2. The summed E-state index contributed by atoms with van der Waals surface area (Å²) >= 11 is 0.767. The van der Waals surface area contributed by atoms with Gasteiger partial charge in [-0.1, -0.05) is 6.42 Å². The van der Waals surface area contributed by atoms with Gasteiger partial charge in [-0.05, 0) is 33.5 Å². The van der Waals surface area contributed by atoms with Crippen molar-refractivity contribution in [1.29, 1.82) is 0 Å². The van der Waals surface area contributed by atoms with Crippen LogP contribution in [-0.2, 0) is 14.0 Å². The maximum absolute atomic E-state index is 10.1. The van der Waals surface area contributed by atoms with E-state index in [0.29, 0.717) is 5.75 Å². The summed E-state index contributed by atoms with van der Waals surface area (Å²) in [5, 5.41) is 0. The summed E-state index contributed by atoms with van der Waals surface area (Å²) in [5.41, 5.74) is 0. The molecule has 0 radical (unpaired) electrons. The lowest BCUT2D eigenvalue weighted by Crippen LogP contribution is -2.12. The Kier molecular flexibility index (Phi) is 7.56. The fourth-order valence-electron chi connectivity index (χ4n) is 0.861. The van der Waals surface area contributed by atoms with E-state index < -0.39 is 10.4 Å². The largest absolute Gasteiger partial charge is 0.408 e. The summed E-state index contributed by atoms with van der Waals surface area (Å²) < 4.78 is 32.5. The van der Waals surface area contributed by atoms with E-state index in [-0.39, 0.29) is 0 Å². The Morgan fingerprint density at radius 1 is 1.29 bits per heavy atom. The third-order valence-corrected chi connectivity index (χ3v) is 3.00. The van der Waals surface area contributed by atoms with Crippen molar-refractivity contribution in [3.8, 4) is 0 Å². The summed E-state index contributed by atoms with van der Waals surface area (Å²) in [6.07, 6.45) is 2.99. The van der Waals surface area contributed by atoms with Crippen molar-refractivity contribution in [2.75, 3.05) is 26.4 Å². The number of rotatable bonds is 8. The Morgan fingerprint density at radius 2 is 1.93 bits per heavy atom. The molecule has 0 amide bonds. The zero-order chi connectivity index (χ0) is 11.0. The summed E-state index contributed by atoms with van der Waals surface area (Å²) in [4.78, 5) is 2.10. The van der Waals surface area contributed by atoms with Crippen LogP contribution in [0.1, 0.15) is 19.3 Å². The highest BCUT2D eigenvalue weighted by Crippen LogP contribution is 2.10. The van der Waals surface area contributed by atoms with Crippen LogP contribution < -0.4 is 0 Å². The predicted octanol–water partition coefficient (Wildman–Crippen LogP) is 1.19. The monoisotopic (exact) mass is 243 g/mol. The highest BCUT2D eigenvalue weighted by atomic mass is 32.3. The lowest BCUT2D eigenvalue weighted by molar-refractivity contribution is 0.393. The molecule has 5 nitrogen and oxygen atoms in total. The lowest BCUT2D eigenvalue weighted by atomic mass is 10.2. The molecule has 0 heterocycles. The van der Waals surface area contributed by atoms with E-state index in [4.69, 9.17) is 4.55 Å². The normalized spacial score (nSPS) is 12.3. The summed E-state index contributed by atoms with van der Waals surface area (Å²) in [5.74, 6) is 0.577. The highest BCUT2D eigenvalue weighted by Gasteiger charge is 2.03. The molecular formula is C7H17NO4S2. The van der Waals surface area contributed by atoms with Crippen molar-refractivity contribution in [1.82, 2.24) is 4.90 Å². The lowest BCUT2D eigenvalue weighted by Gasteiger charge is -2.07.